The van der Waals surface area contributed by atoms with Crippen molar-refractivity contribution in [3.05, 3.63) is 35.9 Å². The summed E-state index contributed by atoms with van der Waals surface area (Å²) in [7, 11) is 0. The van der Waals surface area contributed by atoms with Gasteiger partial charge >= 0.3 is 0 Å². The van der Waals surface area contributed by atoms with Crippen LogP contribution in [0.1, 0.15) is 70.3 Å². The fourth-order valence-corrected chi connectivity index (χ4v) is 3.55. The molecule has 0 bridgehead atoms. The molecule has 0 aromatic heterocycles. The van der Waals surface area contributed by atoms with Crippen LogP contribution >= 0.6 is 0 Å². The quantitative estimate of drug-likeness (QED) is 0.625. The van der Waals surface area contributed by atoms with Crippen molar-refractivity contribution in [1.29, 1.82) is 0 Å². The van der Waals surface area contributed by atoms with Gasteiger partial charge in [0, 0.05) is 12.1 Å². The molecular weight excluding hydrogens is 270 g/mol. The second kappa shape index (κ2) is 10.0. The lowest BCUT2D eigenvalue weighted by molar-refractivity contribution is 0.158. The van der Waals surface area contributed by atoms with Crippen LogP contribution in [0.2, 0.25) is 0 Å². The lowest BCUT2D eigenvalue weighted by atomic mass is 10.0. The molecular formula is C20H33NO. The van der Waals surface area contributed by atoms with Gasteiger partial charge in [0.1, 0.15) is 0 Å². The van der Waals surface area contributed by atoms with E-state index in [0.717, 1.165) is 12.8 Å². The van der Waals surface area contributed by atoms with Crippen molar-refractivity contribution < 1.29 is 5.11 Å². The maximum absolute atomic E-state index is 10.3. The Labute approximate surface area is 136 Å². The predicted octanol–water partition coefficient (Wildman–Crippen LogP) is 4.46. The number of rotatable bonds is 10. The first-order valence-electron chi connectivity index (χ1n) is 9.27. The third kappa shape index (κ3) is 6.10. The van der Waals surface area contributed by atoms with E-state index in [-0.39, 0.29) is 12.1 Å². The van der Waals surface area contributed by atoms with Crippen LogP contribution in [0.5, 0.6) is 0 Å². The van der Waals surface area contributed by atoms with Gasteiger partial charge in [-0.25, -0.2) is 0 Å². The minimum atomic E-state index is -0.185. The van der Waals surface area contributed by atoms with Crippen LogP contribution < -0.4 is 5.32 Å². The smallest absolute Gasteiger partial charge is 0.0711 e. The maximum atomic E-state index is 10.3. The van der Waals surface area contributed by atoms with E-state index >= 15 is 0 Å². The van der Waals surface area contributed by atoms with E-state index in [1.54, 1.807) is 0 Å². The van der Waals surface area contributed by atoms with Crippen LogP contribution in [-0.4, -0.2) is 23.3 Å². The largest absolute Gasteiger partial charge is 0.391 e. The van der Waals surface area contributed by atoms with Gasteiger partial charge in [-0.05, 0) is 24.8 Å². The molecule has 22 heavy (non-hydrogen) atoms. The molecule has 1 aliphatic heterocycles. The third-order valence-electron chi connectivity index (χ3n) is 4.89. The van der Waals surface area contributed by atoms with Gasteiger partial charge in [-0.1, -0.05) is 82.2 Å². The molecule has 2 heteroatoms. The van der Waals surface area contributed by atoms with Crippen molar-refractivity contribution in [2.45, 2.75) is 89.3 Å². The van der Waals surface area contributed by atoms with Crippen LogP contribution in [0.25, 0.3) is 0 Å². The average molecular weight is 303 g/mol. The Hall–Kier alpha value is -0.860. The first-order valence-corrected chi connectivity index (χ1v) is 9.27. The standard InChI is InChI=1S/C20H33NO/c1-2-3-4-5-6-7-11-14-18-16-20(22)19(21-18)15-17-12-9-8-10-13-17/h8-10,12-13,18-22H,2-7,11,14-16H2,1H3. The summed E-state index contributed by atoms with van der Waals surface area (Å²) in [5.74, 6) is 0. The van der Waals surface area contributed by atoms with Crippen LogP contribution in [-0.2, 0) is 6.42 Å². The second-order valence-corrected chi connectivity index (χ2v) is 6.87. The van der Waals surface area contributed by atoms with E-state index < -0.39 is 0 Å². The van der Waals surface area contributed by atoms with Crippen molar-refractivity contribution in [1.82, 2.24) is 5.32 Å². The average Bonchev–Trinajstić information content (AvgIpc) is 2.87. The third-order valence-corrected chi connectivity index (χ3v) is 4.89. The Morgan fingerprint density at radius 3 is 2.41 bits per heavy atom. The Bertz CT molecular complexity index is 392. The van der Waals surface area contributed by atoms with Crippen LogP contribution in [0.4, 0.5) is 0 Å². The van der Waals surface area contributed by atoms with Crippen LogP contribution in [0.3, 0.4) is 0 Å². The summed E-state index contributed by atoms with van der Waals surface area (Å²) in [6.07, 6.45) is 12.4. The normalized spacial score (nSPS) is 24.7. The summed E-state index contributed by atoms with van der Waals surface area (Å²) < 4.78 is 0. The van der Waals surface area contributed by atoms with Gasteiger partial charge in [0.15, 0.2) is 0 Å². The van der Waals surface area contributed by atoms with E-state index in [1.165, 1.54) is 56.9 Å². The zero-order chi connectivity index (χ0) is 15.6. The topological polar surface area (TPSA) is 32.3 Å². The molecule has 0 spiro atoms. The Morgan fingerprint density at radius 1 is 1.00 bits per heavy atom. The summed E-state index contributed by atoms with van der Waals surface area (Å²) in [6.45, 7) is 2.27. The molecule has 2 rings (SSSR count). The van der Waals surface area contributed by atoms with Gasteiger partial charge in [0.2, 0.25) is 0 Å². The number of hydrogen-bond acceptors (Lipinski definition) is 2. The molecule has 0 saturated carbocycles. The number of unbranched alkanes of at least 4 members (excludes halogenated alkanes) is 6. The summed E-state index contributed by atoms with van der Waals surface area (Å²) in [5, 5.41) is 13.9. The summed E-state index contributed by atoms with van der Waals surface area (Å²) in [4.78, 5) is 0. The summed E-state index contributed by atoms with van der Waals surface area (Å²) in [5.41, 5.74) is 1.32. The van der Waals surface area contributed by atoms with Gasteiger partial charge in [0.25, 0.3) is 0 Å². The number of aliphatic hydroxyl groups excluding tert-OH is 1. The zero-order valence-corrected chi connectivity index (χ0v) is 14.1. The van der Waals surface area contributed by atoms with Crippen molar-refractivity contribution in [3.63, 3.8) is 0 Å². The van der Waals surface area contributed by atoms with Gasteiger partial charge in [0.05, 0.1) is 6.10 Å². The molecule has 3 atom stereocenters. The molecule has 1 saturated heterocycles. The van der Waals surface area contributed by atoms with E-state index in [0.29, 0.717) is 6.04 Å². The van der Waals surface area contributed by atoms with Gasteiger partial charge in [-0.15, -0.1) is 0 Å². The maximum Gasteiger partial charge on any atom is 0.0711 e. The molecule has 1 aromatic rings. The number of hydrogen-bond donors (Lipinski definition) is 2. The van der Waals surface area contributed by atoms with Crippen LogP contribution in [0.15, 0.2) is 30.3 Å². The lowest BCUT2D eigenvalue weighted by Gasteiger charge is -2.16. The van der Waals surface area contributed by atoms with Gasteiger partial charge < -0.3 is 10.4 Å². The Balaban J connectivity index is 1.60. The molecule has 0 aliphatic carbocycles. The Kier molecular flexibility index (Phi) is 7.96. The molecule has 3 unspecified atom stereocenters. The fourth-order valence-electron chi connectivity index (χ4n) is 3.55. The highest BCUT2D eigenvalue weighted by Gasteiger charge is 2.31. The second-order valence-electron chi connectivity index (χ2n) is 6.87. The molecule has 2 nitrogen and oxygen atoms in total. The molecule has 2 N–H and O–H groups in total. The van der Waals surface area contributed by atoms with E-state index in [1.807, 2.05) is 6.07 Å². The monoisotopic (exact) mass is 303 g/mol. The first-order chi connectivity index (χ1) is 10.8. The fraction of sp³-hybridized carbons (Fsp3) is 0.700. The number of aliphatic hydroxyl groups is 1. The minimum Gasteiger partial charge on any atom is -0.391 e. The van der Waals surface area contributed by atoms with E-state index in [2.05, 4.69) is 36.5 Å². The molecule has 1 fully saturated rings. The van der Waals surface area contributed by atoms with Crippen molar-refractivity contribution in [3.8, 4) is 0 Å². The highest BCUT2D eigenvalue weighted by Crippen LogP contribution is 2.21. The highest BCUT2D eigenvalue weighted by atomic mass is 16.3. The summed E-state index contributed by atoms with van der Waals surface area (Å²) >= 11 is 0. The van der Waals surface area contributed by atoms with Gasteiger partial charge in [-0.3, -0.25) is 0 Å². The van der Waals surface area contributed by atoms with Crippen molar-refractivity contribution in [2.75, 3.05) is 0 Å². The molecule has 0 amide bonds. The highest BCUT2D eigenvalue weighted by molar-refractivity contribution is 5.17. The van der Waals surface area contributed by atoms with E-state index in [9.17, 15) is 5.11 Å². The molecule has 1 heterocycles. The van der Waals surface area contributed by atoms with E-state index in [4.69, 9.17) is 0 Å². The molecule has 1 aromatic carbocycles. The molecule has 1 aliphatic rings. The summed E-state index contributed by atoms with van der Waals surface area (Å²) in [6, 6.07) is 11.2. The zero-order valence-electron chi connectivity index (χ0n) is 14.1. The number of nitrogens with one attached hydrogen (secondary N) is 1. The lowest BCUT2D eigenvalue weighted by Crippen LogP contribution is -2.35. The number of benzene rings is 1. The molecule has 124 valence electrons. The Morgan fingerprint density at radius 2 is 1.68 bits per heavy atom. The first kappa shape index (κ1) is 17.5. The minimum absolute atomic E-state index is 0.185. The van der Waals surface area contributed by atoms with Crippen molar-refractivity contribution in [2.24, 2.45) is 0 Å². The van der Waals surface area contributed by atoms with Crippen LogP contribution in [0, 0.1) is 0 Å². The van der Waals surface area contributed by atoms with Gasteiger partial charge in [-0.2, -0.15) is 0 Å². The van der Waals surface area contributed by atoms with Crippen molar-refractivity contribution >= 4 is 0 Å². The predicted molar refractivity (Wildman–Crippen MR) is 94.1 cm³/mol. The SMILES string of the molecule is CCCCCCCCCC1CC(O)C(Cc2ccccc2)N1. The molecule has 0 radical (unpaired) electrons.